The van der Waals surface area contributed by atoms with Crippen molar-refractivity contribution in [2.24, 2.45) is 0 Å². The van der Waals surface area contributed by atoms with Crippen molar-refractivity contribution < 1.29 is 42.6 Å². The first-order chi connectivity index (χ1) is 30.1. The van der Waals surface area contributed by atoms with Crippen LogP contribution >= 0.6 is 19.6 Å². The molecular weight excluding hydrogens is 830 g/mol. The summed E-state index contributed by atoms with van der Waals surface area (Å²) in [6.45, 7) is 3.66. The van der Waals surface area contributed by atoms with Crippen molar-refractivity contribution in [2.45, 2.75) is 237 Å². The van der Waals surface area contributed by atoms with Gasteiger partial charge in [-0.25, -0.2) is 9.36 Å². The summed E-state index contributed by atoms with van der Waals surface area (Å²) in [6.07, 6.45) is 33.3. The maximum Gasteiger partial charge on any atom is 0.472 e. The van der Waals surface area contributed by atoms with Crippen LogP contribution in [0.5, 0.6) is 0 Å². The van der Waals surface area contributed by atoms with Gasteiger partial charge in [0.25, 0.3) is 0 Å². The number of carbonyl (C=O) groups excluding carboxylic acids is 1. The molecule has 1 fully saturated rings. The minimum atomic E-state index is -4.66. The molecule has 62 heavy (non-hydrogen) atoms. The lowest BCUT2D eigenvalue weighted by atomic mass is 10.0. The van der Waals surface area contributed by atoms with Crippen molar-refractivity contribution in [3.05, 3.63) is 22.7 Å². The van der Waals surface area contributed by atoms with Gasteiger partial charge in [-0.15, -0.1) is 0 Å². The fraction of sp³-hybridized carbons (Fsp3) is 0.894. The minimum absolute atomic E-state index is 0.0270. The Morgan fingerprint density at radius 2 is 1.26 bits per heavy atom. The molecule has 1 aliphatic rings. The van der Waals surface area contributed by atoms with Gasteiger partial charge in [-0.05, 0) is 24.7 Å². The number of esters is 1. The molecule has 0 aromatic carbocycles. The van der Waals surface area contributed by atoms with Gasteiger partial charge < -0.3 is 29.9 Å². The quantitative estimate of drug-likeness (QED) is 0.0320. The highest BCUT2D eigenvalue weighted by molar-refractivity contribution is 7.99. The maximum absolute atomic E-state index is 13.0. The Morgan fingerprint density at radius 1 is 0.790 bits per heavy atom. The second kappa shape index (κ2) is 36.7. The average molecular weight is 918 g/mol. The minimum Gasteiger partial charge on any atom is -0.459 e. The Balaban J connectivity index is 1.73. The predicted octanol–water partition coefficient (Wildman–Crippen LogP) is 11.6. The van der Waals surface area contributed by atoms with E-state index < -0.39 is 50.8 Å². The molecule has 15 heteroatoms. The Bertz CT molecular complexity index is 1360. The van der Waals surface area contributed by atoms with Gasteiger partial charge in [0.15, 0.2) is 6.23 Å². The smallest absolute Gasteiger partial charge is 0.459 e. The van der Waals surface area contributed by atoms with Crippen molar-refractivity contribution in [1.82, 2.24) is 9.55 Å². The number of anilines is 1. The Kier molecular flexibility index (Phi) is 33.5. The molecule has 1 aliphatic heterocycles. The van der Waals surface area contributed by atoms with Crippen LogP contribution in [0.25, 0.3) is 0 Å². The third kappa shape index (κ3) is 27.1. The molecule has 6 atom stereocenters. The molecule has 0 radical (unpaired) electrons. The number of nitrogens with two attached hydrogens (primary N) is 1. The number of ether oxygens (including phenoxy) is 3. The lowest BCUT2D eigenvalue weighted by Gasteiger charge is -2.21. The maximum atomic E-state index is 13.0. The highest BCUT2D eigenvalue weighted by atomic mass is 32.2. The standard InChI is InChI=1S/C47H88N3O10PS/c1-4-6-8-10-12-14-16-18-19-20-22-24-26-28-30-32-36-62-39-40(59-43(51)33-31-29-27-25-23-21-17-15-13-11-9-7-5-2)37-57-61(54,55)58-38-41-44(52)45(56-3)46(60-41)50-35-34-42(48)49-47(50)53/h34-35,40-41,44-46,52H,4-33,36-39H2,1-3H3,(H,54,55)(H2,48,49,53)/t40?,41-,44-,45-,46-/m1/s1. The summed E-state index contributed by atoms with van der Waals surface area (Å²) in [4.78, 5) is 39.6. The van der Waals surface area contributed by atoms with Crippen LogP contribution in [-0.4, -0.2) is 81.8 Å². The molecule has 0 amide bonds. The van der Waals surface area contributed by atoms with E-state index in [1.807, 2.05) is 0 Å². The van der Waals surface area contributed by atoms with E-state index in [0.717, 1.165) is 42.4 Å². The number of nitrogen functional groups attached to an aromatic ring is 1. The molecule has 362 valence electrons. The molecule has 1 aromatic heterocycles. The molecule has 2 rings (SSSR count). The Labute approximate surface area is 379 Å². The summed E-state index contributed by atoms with van der Waals surface area (Å²) >= 11 is 1.65. The number of unbranched alkanes of at least 4 members (excludes halogenated alkanes) is 27. The van der Waals surface area contributed by atoms with Crippen molar-refractivity contribution >= 4 is 31.4 Å². The number of aliphatic hydroxyl groups excluding tert-OH is 1. The van der Waals surface area contributed by atoms with E-state index in [2.05, 4.69) is 18.8 Å². The summed E-state index contributed by atoms with van der Waals surface area (Å²) in [6, 6.07) is 1.41. The number of rotatable bonds is 42. The third-order valence-electron chi connectivity index (χ3n) is 11.8. The molecule has 1 aromatic rings. The van der Waals surface area contributed by atoms with Crippen LogP contribution < -0.4 is 11.4 Å². The number of nitrogens with zero attached hydrogens (tertiary/aromatic N) is 2. The Morgan fingerprint density at radius 3 is 1.73 bits per heavy atom. The number of aromatic nitrogens is 2. The molecule has 0 aliphatic carbocycles. The van der Waals surface area contributed by atoms with Crippen molar-refractivity contribution in [3.63, 3.8) is 0 Å². The first kappa shape index (κ1) is 56.6. The summed E-state index contributed by atoms with van der Waals surface area (Å²) in [5, 5.41) is 10.9. The van der Waals surface area contributed by atoms with Crippen molar-refractivity contribution in [3.8, 4) is 0 Å². The van der Waals surface area contributed by atoms with Gasteiger partial charge in [0.05, 0.1) is 13.2 Å². The van der Waals surface area contributed by atoms with Crippen LogP contribution in [0, 0.1) is 0 Å². The van der Waals surface area contributed by atoms with Crippen molar-refractivity contribution in [2.75, 3.05) is 37.6 Å². The first-order valence-electron chi connectivity index (χ1n) is 24.7. The molecule has 1 saturated heterocycles. The summed E-state index contributed by atoms with van der Waals surface area (Å²) in [5.41, 5.74) is 4.90. The van der Waals surface area contributed by atoms with E-state index >= 15 is 0 Å². The van der Waals surface area contributed by atoms with Gasteiger partial charge in [-0.1, -0.05) is 187 Å². The van der Waals surface area contributed by atoms with Gasteiger partial charge in [-0.3, -0.25) is 18.4 Å². The van der Waals surface area contributed by atoms with E-state index in [1.54, 1.807) is 11.8 Å². The van der Waals surface area contributed by atoms with E-state index in [4.69, 9.17) is 29.0 Å². The van der Waals surface area contributed by atoms with Gasteiger partial charge in [0, 0.05) is 25.5 Å². The third-order valence-corrected chi connectivity index (χ3v) is 13.9. The number of hydrogen-bond acceptors (Lipinski definition) is 12. The SMILES string of the molecule is CCCCCCCCCCCCCCCCCCSCC(COP(=O)(O)OC[C@H]1O[C@@H](n2ccc(N)nc2=O)[C@H](OC)[C@@H]1O)OC(=O)CCCCCCCCCCCCCCC. The number of hydrogen-bond donors (Lipinski definition) is 3. The number of phosphoric ester groups is 1. The molecule has 2 unspecified atom stereocenters. The first-order valence-corrected chi connectivity index (χ1v) is 27.4. The molecule has 2 heterocycles. The highest BCUT2D eigenvalue weighted by Gasteiger charge is 2.46. The monoisotopic (exact) mass is 918 g/mol. The summed E-state index contributed by atoms with van der Waals surface area (Å²) in [5.74, 6) is 1.00. The van der Waals surface area contributed by atoms with E-state index in [9.17, 15) is 24.2 Å². The number of thioether (sulfide) groups is 1. The predicted molar refractivity (Wildman–Crippen MR) is 252 cm³/mol. The number of aliphatic hydroxyl groups is 1. The number of carbonyl (C=O) groups is 1. The fourth-order valence-electron chi connectivity index (χ4n) is 7.95. The lowest BCUT2D eigenvalue weighted by Crippen LogP contribution is -2.37. The van der Waals surface area contributed by atoms with E-state index in [0.29, 0.717) is 5.75 Å². The van der Waals surface area contributed by atoms with Crippen LogP contribution in [0.4, 0.5) is 5.82 Å². The average Bonchev–Trinajstić information content (AvgIpc) is 3.57. The topological polar surface area (TPSA) is 182 Å². The molecule has 4 N–H and O–H groups in total. The van der Waals surface area contributed by atoms with Crippen LogP contribution in [0.1, 0.15) is 213 Å². The molecule has 13 nitrogen and oxygen atoms in total. The molecule has 0 bridgehead atoms. The zero-order valence-electron chi connectivity index (χ0n) is 39.1. The van der Waals surface area contributed by atoms with Gasteiger partial charge in [0.2, 0.25) is 0 Å². The number of methoxy groups -OCH3 is 1. The van der Waals surface area contributed by atoms with Crippen LogP contribution in [0.3, 0.4) is 0 Å². The fourth-order valence-corrected chi connectivity index (χ4v) is 9.72. The zero-order chi connectivity index (χ0) is 45.1. The summed E-state index contributed by atoms with van der Waals surface area (Å²) in [7, 11) is -3.32. The zero-order valence-corrected chi connectivity index (χ0v) is 40.8. The largest absolute Gasteiger partial charge is 0.472 e. The molecule has 0 saturated carbocycles. The highest BCUT2D eigenvalue weighted by Crippen LogP contribution is 2.45. The van der Waals surface area contributed by atoms with Crippen molar-refractivity contribution in [1.29, 1.82) is 0 Å². The lowest BCUT2D eigenvalue weighted by molar-refractivity contribution is -0.149. The summed E-state index contributed by atoms with van der Waals surface area (Å²) < 4.78 is 41.7. The molecular formula is C47H88N3O10PS. The molecule has 0 spiro atoms. The van der Waals surface area contributed by atoms with Crippen LogP contribution in [-0.2, 0) is 32.6 Å². The van der Waals surface area contributed by atoms with Crippen LogP contribution in [0.2, 0.25) is 0 Å². The van der Waals surface area contributed by atoms with Crippen LogP contribution in [0.15, 0.2) is 17.1 Å². The Hall–Kier alpha value is -1.51. The number of phosphoric acid groups is 1. The second-order valence-electron chi connectivity index (χ2n) is 17.3. The van der Waals surface area contributed by atoms with E-state index in [1.165, 1.54) is 173 Å². The second-order valence-corrected chi connectivity index (χ2v) is 19.9. The van der Waals surface area contributed by atoms with Gasteiger partial charge in [-0.2, -0.15) is 16.7 Å². The van der Waals surface area contributed by atoms with E-state index in [-0.39, 0.29) is 24.8 Å². The normalized spacial score (nSPS) is 19.2. The van der Waals surface area contributed by atoms with Gasteiger partial charge in [0.1, 0.15) is 30.2 Å². The van der Waals surface area contributed by atoms with Gasteiger partial charge >= 0.3 is 19.5 Å².